The number of carbonyl (C=O) groups is 1. The maximum atomic E-state index is 11.6. The molecule has 5 heteroatoms. The Labute approximate surface area is 112 Å². The van der Waals surface area contributed by atoms with Crippen LogP contribution in [0.15, 0.2) is 18.3 Å². The minimum Gasteiger partial charge on any atom is -0.393 e. The van der Waals surface area contributed by atoms with Crippen LogP contribution in [0.5, 0.6) is 0 Å². The molecule has 3 rings (SSSR count). The van der Waals surface area contributed by atoms with E-state index in [4.69, 9.17) is 0 Å². The highest BCUT2D eigenvalue weighted by Crippen LogP contribution is 2.39. The number of aromatic nitrogens is 1. The zero-order valence-corrected chi connectivity index (χ0v) is 11.0. The average molecular weight is 261 g/mol. The molecular formula is C14H19N3O2. The van der Waals surface area contributed by atoms with Gasteiger partial charge >= 0.3 is 0 Å². The Morgan fingerprint density at radius 3 is 2.74 bits per heavy atom. The first kappa shape index (κ1) is 12.4. The van der Waals surface area contributed by atoms with Crippen molar-refractivity contribution >= 4 is 11.6 Å². The number of amides is 1. The van der Waals surface area contributed by atoms with Gasteiger partial charge in [0.1, 0.15) is 5.69 Å². The highest BCUT2D eigenvalue weighted by Gasteiger charge is 2.40. The number of piperidine rings is 1. The quantitative estimate of drug-likeness (QED) is 0.831. The molecule has 2 N–H and O–H groups in total. The Balaban J connectivity index is 1.89. The molecule has 19 heavy (non-hydrogen) atoms. The van der Waals surface area contributed by atoms with Crippen LogP contribution in [0, 0.1) is 0 Å². The van der Waals surface area contributed by atoms with Crippen LogP contribution in [0.1, 0.15) is 36.2 Å². The predicted octanol–water partition coefficient (Wildman–Crippen LogP) is 0.933. The third kappa shape index (κ3) is 2.18. The summed E-state index contributed by atoms with van der Waals surface area (Å²) in [4.78, 5) is 18.1. The number of hydrogen-bond acceptors (Lipinski definition) is 4. The Hall–Kier alpha value is -1.62. The highest BCUT2D eigenvalue weighted by molar-refractivity contribution is 5.92. The van der Waals surface area contributed by atoms with Crippen LogP contribution in [-0.4, -0.2) is 41.2 Å². The molecule has 0 spiro atoms. The van der Waals surface area contributed by atoms with Crippen LogP contribution < -0.4 is 10.2 Å². The molecule has 0 aromatic carbocycles. The lowest BCUT2D eigenvalue weighted by molar-refractivity contribution is 0.0957. The SMILES string of the molecule is CNC(=O)c1cc(N2C3CCC2CC(O)C3)ccn1. The molecule has 2 atom stereocenters. The van der Waals surface area contributed by atoms with E-state index < -0.39 is 0 Å². The molecule has 2 aliphatic rings. The number of hydrogen-bond donors (Lipinski definition) is 2. The van der Waals surface area contributed by atoms with E-state index >= 15 is 0 Å². The minimum atomic E-state index is -0.172. The van der Waals surface area contributed by atoms with Crippen molar-refractivity contribution in [2.45, 2.75) is 43.9 Å². The topological polar surface area (TPSA) is 65.5 Å². The standard InChI is InChI=1S/C14H19N3O2/c1-15-14(19)13-8-11(4-5-16-13)17-9-2-3-10(17)7-12(18)6-9/h4-5,8-10,12,18H,2-3,6-7H2,1H3,(H,15,19). The van der Waals surface area contributed by atoms with Gasteiger partial charge in [0, 0.05) is 31.0 Å². The second kappa shape index (κ2) is 4.81. The maximum absolute atomic E-state index is 11.6. The summed E-state index contributed by atoms with van der Waals surface area (Å²) >= 11 is 0. The normalized spacial score (nSPS) is 29.4. The van der Waals surface area contributed by atoms with E-state index in [0.29, 0.717) is 17.8 Å². The van der Waals surface area contributed by atoms with E-state index in [1.165, 1.54) is 0 Å². The van der Waals surface area contributed by atoms with Gasteiger partial charge < -0.3 is 15.3 Å². The third-order valence-electron chi connectivity index (χ3n) is 4.21. The lowest BCUT2D eigenvalue weighted by atomic mass is 9.99. The van der Waals surface area contributed by atoms with Crippen molar-refractivity contribution in [2.75, 3.05) is 11.9 Å². The van der Waals surface area contributed by atoms with Gasteiger partial charge in [-0.2, -0.15) is 0 Å². The number of nitrogens with one attached hydrogen (secondary N) is 1. The van der Waals surface area contributed by atoms with Crippen LogP contribution in [-0.2, 0) is 0 Å². The van der Waals surface area contributed by atoms with Crippen LogP contribution in [0.3, 0.4) is 0 Å². The molecule has 102 valence electrons. The van der Waals surface area contributed by atoms with E-state index in [2.05, 4.69) is 15.2 Å². The third-order valence-corrected chi connectivity index (χ3v) is 4.21. The highest BCUT2D eigenvalue weighted by atomic mass is 16.3. The molecule has 2 aliphatic heterocycles. The molecule has 2 bridgehead atoms. The number of pyridine rings is 1. The number of fused-ring (bicyclic) bond motifs is 2. The number of rotatable bonds is 2. The monoisotopic (exact) mass is 261 g/mol. The van der Waals surface area contributed by atoms with Gasteiger partial charge in [-0.3, -0.25) is 9.78 Å². The van der Waals surface area contributed by atoms with E-state index in [9.17, 15) is 9.90 Å². The molecule has 1 aromatic heterocycles. The first-order valence-corrected chi connectivity index (χ1v) is 6.83. The zero-order chi connectivity index (χ0) is 13.4. The van der Waals surface area contributed by atoms with Crippen molar-refractivity contribution in [2.24, 2.45) is 0 Å². The Kier molecular flexibility index (Phi) is 3.14. The molecule has 0 radical (unpaired) electrons. The number of aliphatic hydroxyl groups is 1. The summed E-state index contributed by atoms with van der Waals surface area (Å²) in [6, 6.07) is 4.60. The second-order valence-electron chi connectivity index (χ2n) is 5.40. The number of aliphatic hydroxyl groups excluding tert-OH is 1. The van der Waals surface area contributed by atoms with Crippen LogP contribution in [0.25, 0.3) is 0 Å². The molecule has 2 fully saturated rings. The van der Waals surface area contributed by atoms with Crippen LogP contribution in [0.4, 0.5) is 5.69 Å². The van der Waals surface area contributed by atoms with E-state index in [1.54, 1.807) is 13.2 Å². The molecule has 3 heterocycles. The van der Waals surface area contributed by atoms with Crippen LogP contribution >= 0.6 is 0 Å². The fraction of sp³-hybridized carbons (Fsp3) is 0.571. The average Bonchev–Trinajstić information content (AvgIpc) is 2.70. The first-order valence-electron chi connectivity index (χ1n) is 6.83. The van der Waals surface area contributed by atoms with Crippen molar-refractivity contribution in [1.82, 2.24) is 10.3 Å². The summed E-state index contributed by atoms with van der Waals surface area (Å²) in [6.45, 7) is 0. The van der Waals surface area contributed by atoms with E-state index in [-0.39, 0.29) is 12.0 Å². The molecule has 5 nitrogen and oxygen atoms in total. The Morgan fingerprint density at radius 2 is 2.11 bits per heavy atom. The van der Waals surface area contributed by atoms with Crippen molar-refractivity contribution < 1.29 is 9.90 Å². The van der Waals surface area contributed by atoms with Gasteiger partial charge in [0.05, 0.1) is 6.10 Å². The molecule has 2 saturated heterocycles. The summed E-state index contributed by atoms with van der Waals surface area (Å²) in [5.41, 5.74) is 1.50. The molecule has 2 unspecified atom stereocenters. The summed E-state index contributed by atoms with van der Waals surface area (Å²) < 4.78 is 0. The number of carbonyl (C=O) groups excluding carboxylic acids is 1. The zero-order valence-electron chi connectivity index (χ0n) is 11.0. The van der Waals surface area contributed by atoms with Gasteiger partial charge in [0.25, 0.3) is 5.91 Å². The van der Waals surface area contributed by atoms with Crippen molar-refractivity contribution in [3.63, 3.8) is 0 Å². The number of anilines is 1. The van der Waals surface area contributed by atoms with Gasteiger partial charge in [0.2, 0.25) is 0 Å². The molecule has 1 aromatic rings. The summed E-state index contributed by atoms with van der Waals surface area (Å²) in [7, 11) is 1.61. The summed E-state index contributed by atoms with van der Waals surface area (Å²) in [6.07, 6.45) is 5.42. The predicted molar refractivity (Wildman–Crippen MR) is 72.2 cm³/mol. The minimum absolute atomic E-state index is 0.161. The second-order valence-corrected chi connectivity index (χ2v) is 5.40. The largest absolute Gasteiger partial charge is 0.393 e. The number of nitrogens with zero attached hydrogens (tertiary/aromatic N) is 2. The van der Waals surface area contributed by atoms with E-state index in [0.717, 1.165) is 31.4 Å². The maximum Gasteiger partial charge on any atom is 0.269 e. The van der Waals surface area contributed by atoms with Crippen molar-refractivity contribution in [1.29, 1.82) is 0 Å². The van der Waals surface area contributed by atoms with E-state index in [1.807, 2.05) is 12.1 Å². The van der Waals surface area contributed by atoms with Crippen molar-refractivity contribution in [3.8, 4) is 0 Å². The first-order chi connectivity index (χ1) is 9.19. The molecular weight excluding hydrogens is 242 g/mol. The van der Waals surface area contributed by atoms with Gasteiger partial charge in [-0.25, -0.2) is 0 Å². The molecule has 0 saturated carbocycles. The van der Waals surface area contributed by atoms with Gasteiger partial charge in [-0.1, -0.05) is 0 Å². The lowest BCUT2D eigenvalue weighted by Gasteiger charge is -2.39. The fourth-order valence-electron chi connectivity index (χ4n) is 3.40. The van der Waals surface area contributed by atoms with Gasteiger partial charge in [0.15, 0.2) is 0 Å². The van der Waals surface area contributed by atoms with Gasteiger partial charge in [-0.05, 0) is 37.8 Å². The molecule has 1 amide bonds. The van der Waals surface area contributed by atoms with Gasteiger partial charge in [-0.15, -0.1) is 0 Å². The Bertz CT molecular complexity index is 477. The fourth-order valence-corrected chi connectivity index (χ4v) is 3.40. The summed E-state index contributed by atoms with van der Waals surface area (Å²) in [5.74, 6) is -0.161. The smallest absolute Gasteiger partial charge is 0.269 e. The lowest BCUT2D eigenvalue weighted by Crippen LogP contribution is -2.44. The van der Waals surface area contributed by atoms with Crippen molar-refractivity contribution in [3.05, 3.63) is 24.0 Å². The Morgan fingerprint density at radius 1 is 1.42 bits per heavy atom. The van der Waals surface area contributed by atoms with Crippen LogP contribution in [0.2, 0.25) is 0 Å². The molecule has 0 aliphatic carbocycles. The summed E-state index contributed by atoms with van der Waals surface area (Å²) in [5, 5.41) is 12.4.